The topological polar surface area (TPSA) is 51.2 Å². The molecule has 2 aliphatic rings. The van der Waals surface area contributed by atoms with Crippen LogP contribution in [0.3, 0.4) is 0 Å². The predicted molar refractivity (Wildman–Crippen MR) is 365 cm³/mol. The van der Waals surface area contributed by atoms with E-state index in [1.54, 1.807) is 42.5 Å². The summed E-state index contributed by atoms with van der Waals surface area (Å²) in [6.45, 7) is 35.9. The first kappa shape index (κ1) is 73.7. The molecule has 0 bridgehead atoms. The number of aryl methyl sites for hydroxylation is 1. The van der Waals surface area contributed by atoms with Crippen LogP contribution in [0.4, 0.5) is 26.3 Å². The summed E-state index contributed by atoms with van der Waals surface area (Å²) in [5.41, 5.74) is 8.06. The summed E-state index contributed by atoms with van der Waals surface area (Å²) in [6.07, 6.45) is 4.46. The third kappa shape index (κ3) is 19.8. The maximum Gasteiger partial charge on any atom is 0.417 e. The van der Waals surface area contributed by atoms with E-state index in [1.807, 2.05) is 78.8 Å². The quantitative estimate of drug-likeness (QED) is 0.0410. The van der Waals surface area contributed by atoms with E-state index in [1.165, 1.54) is 80.7 Å². The molecule has 0 N–H and O–H groups in total. The number of carbonyl (C=O) groups excluding carboxylic acids is 3. The van der Waals surface area contributed by atoms with Crippen molar-refractivity contribution < 1.29 is 40.7 Å². The van der Waals surface area contributed by atoms with Crippen molar-refractivity contribution >= 4 is 17.3 Å². The molecule has 8 rings (SSSR count). The normalized spacial score (nSPS) is 18.5. The Labute approximate surface area is 542 Å². The fourth-order valence-corrected chi connectivity index (χ4v) is 14.0. The van der Waals surface area contributed by atoms with Gasteiger partial charge in [-0.1, -0.05) is 239 Å². The average Bonchev–Trinajstić information content (AvgIpc) is 0.824. The molecule has 0 saturated heterocycles. The van der Waals surface area contributed by atoms with Crippen LogP contribution in [0.2, 0.25) is 0 Å². The van der Waals surface area contributed by atoms with Crippen LogP contribution in [0.15, 0.2) is 140 Å². The maximum atomic E-state index is 13.8. The second-order valence-corrected chi connectivity index (χ2v) is 28.6. The van der Waals surface area contributed by atoms with E-state index in [0.717, 1.165) is 88.1 Å². The molecular formula is C82H104F6O3. The zero-order valence-electron chi connectivity index (χ0n) is 57.2. The Morgan fingerprint density at radius 3 is 1.40 bits per heavy atom. The number of ketones is 3. The summed E-state index contributed by atoms with van der Waals surface area (Å²) in [6, 6.07) is 37.0. The van der Waals surface area contributed by atoms with Crippen LogP contribution in [0.1, 0.15) is 308 Å². The number of hydrogen-bond donors (Lipinski definition) is 0. The zero-order valence-corrected chi connectivity index (χ0v) is 57.2. The highest BCUT2D eigenvalue weighted by Crippen LogP contribution is 2.44. The maximum absolute atomic E-state index is 13.8. The van der Waals surface area contributed by atoms with Gasteiger partial charge in [-0.15, -0.1) is 0 Å². The lowest BCUT2D eigenvalue weighted by Gasteiger charge is -2.36. The highest BCUT2D eigenvalue weighted by Gasteiger charge is 2.38. The summed E-state index contributed by atoms with van der Waals surface area (Å²) in [7, 11) is 0. The van der Waals surface area contributed by atoms with Crippen molar-refractivity contribution in [3.05, 3.63) is 223 Å². The van der Waals surface area contributed by atoms with Gasteiger partial charge in [0.2, 0.25) is 0 Å². The summed E-state index contributed by atoms with van der Waals surface area (Å²) in [4.78, 5) is 40.3. The van der Waals surface area contributed by atoms with Gasteiger partial charge in [0.05, 0.1) is 11.1 Å². The number of carbonyl (C=O) groups is 3. The number of halogens is 6. The summed E-state index contributed by atoms with van der Waals surface area (Å²) in [5.74, 6) is 4.14. The van der Waals surface area contributed by atoms with E-state index in [9.17, 15) is 40.7 Å². The number of benzene rings is 6. The molecule has 492 valence electrons. The van der Waals surface area contributed by atoms with Crippen LogP contribution in [0, 0.1) is 35.5 Å². The summed E-state index contributed by atoms with van der Waals surface area (Å²) >= 11 is 0. The van der Waals surface area contributed by atoms with Crippen molar-refractivity contribution in [1.29, 1.82) is 0 Å². The Morgan fingerprint density at radius 1 is 0.505 bits per heavy atom. The van der Waals surface area contributed by atoms with Crippen LogP contribution in [-0.2, 0) is 18.8 Å². The minimum Gasteiger partial charge on any atom is -0.289 e. The third-order valence-corrected chi connectivity index (χ3v) is 19.4. The van der Waals surface area contributed by atoms with Gasteiger partial charge in [0.1, 0.15) is 0 Å². The first-order chi connectivity index (χ1) is 42.8. The SMILES string of the molecule is C=C(CC(C)c1ccc(C(F)(F)F)c(C(=O)c2ccccc2C(C)C)c1)C(C)C.CC1CCCC(CC(C)c2ccc(C(F)(F)F)c(C(=O)c3ccccc3C(C)C)c2)C1.CCCc1ccc(C2CCC(C)[C@@H](CC(C)C)C2)cc1C(=O)c1ccccc1C(C)C. The monoisotopic (exact) mass is 1250 g/mol. The molecule has 0 aromatic heterocycles. The molecule has 0 spiro atoms. The van der Waals surface area contributed by atoms with Crippen molar-refractivity contribution in [2.45, 2.75) is 229 Å². The third-order valence-electron chi connectivity index (χ3n) is 19.4. The van der Waals surface area contributed by atoms with E-state index in [0.29, 0.717) is 52.7 Å². The first-order valence-electron chi connectivity index (χ1n) is 34.0. The standard InChI is InChI=1S/C30H42O.C27H33F3O.C25H29F3O/c1-7-10-23-15-16-25(24-14-13-22(6)26(18-24)17-20(2)3)19-29(23)30(31)28-12-9-8-11-27(28)21(4)5;1-17(2)22-10-5-6-11-23(22)26(31)24-16-21(12-13-25(24)27(28,29)30)19(4)15-20-9-7-8-18(3)14-20;1-15(2)17(5)13-18(6)19-11-12-23(25(26,27)28)22(14-19)24(29)21-10-8-7-9-20(21)16(3)4/h8-9,11-12,15-16,19-22,24,26H,7,10,13-14,17-18H2,1-6H3;5-6,10-13,16-20H,7-9,14-15H2,1-4H3;7-12,14-16,18H,5,13H2,1-4,6H3/t22?,24?,26-;;/m0../s1. The van der Waals surface area contributed by atoms with Gasteiger partial charge in [-0.2, -0.15) is 26.3 Å². The molecule has 0 heterocycles. The molecule has 6 aromatic carbocycles. The molecule has 2 fully saturated rings. The van der Waals surface area contributed by atoms with Crippen LogP contribution in [-0.4, -0.2) is 17.3 Å². The van der Waals surface area contributed by atoms with Crippen molar-refractivity contribution in [3.63, 3.8) is 0 Å². The van der Waals surface area contributed by atoms with Gasteiger partial charge in [-0.05, 0) is 192 Å². The zero-order chi connectivity index (χ0) is 67.2. The average molecular weight is 1250 g/mol. The van der Waals surface area contributed by atoms with Gasteiger partial charge >= 0.3 is 12.4 Å². The molecule has 2 aliphatic carbocycles. The Kier molecular flexibility index (Phi) is 26.7. The highest BCUT2D eigenvalue weighted by molar-refractivity contribution is 6.12. The van der Waals surface area contributed by atoms with Crippen molar-refractivity contribution in [3.8, 4) is 0 Å². The van der Waals surface area contributed by atoms with Crippen molar-refractivity contribution in [2.75, 3.05) is 0 Å². The molecule has 6 unspecified atom stereocenters. The molecule has 3 nitrogen and oxygen atoms in total. The Balaban J connectivity index is 0.000000217. The van der Waals surface area contributed by atoms with Crippen LogP contribution >= 0.6 is 0 Å². The number of alkyl halides is 6. The fraction of sp³-hybridized carbons (Fsp3) is 0.500. The summed E-state index contributed by atoms with van der Waals surface area (Å²) < 4.78 is 82.3. The minimum atomic E-state index is -4.60. The van der Waals surface area contributed by atoms with E-state index < -0.39 is 35.0 Å². The lowest BCUT2D eigenvalue weighted by molar-refractivity contribution is -0.138. The molecule has 0 amide bonds. The van der Waals surface area contributed by atoms with Gasteiger partial charge in [-0.25, -0.2) is 0 Å². The Bertz CT molecular complexity index is 3390. The molecule has 9 heteroatoms. The van der Waals surface area contributed by atoms with Gasteiger partial charge in [-0.3, -0.25) is 14.4 Å². The predicted octanol–water partition coefficient (Wildman–Crippen LogP) is 24.7. The molecule has 7 atom stereocenters. The van der Waals surface area contributed by atoms with E-state index in [4.69, 9.17) is 0 Å². The number of rotatable bonds is 21. The number of hydrogen-bond acceptors (Lipinski definition) is 3. The highest BCUT2D eigenvalue weighted by atomic mass is 19.4. The van der Waals surface area contributed by atoms with Crippen LogP contribution in [0.5, 0.6) is 0 Å². The van der Waals surface area contributed by atoms with Gasteiger partial charge in [0.25, 0.3) is 0 Å². The van der Waals surface area contributed by atoms with Crippen LogP contribution < -0.4 is 0 Å². The van der Waals surface area contributed by atoms with Gasteiger partial charge in [0.15, 0.2) is 17.3 Å². The molecule has 6 aromatic rings. The summed E-state index contributed by atoms with van der Waals surface area (Å²) in [5, 5.41) is 0. The Hall–Kier alpha value is -6.35. The van der Waals surface area contributed by atoms with E-state index >= 15 is 0 Å². The lowest BCUT2D eigenvalue weighted by atomic mass is 9.69. The molecule has 0 radical (unpaired) electrons. The molecule has 0 aliphatic heterocycles. The van der Waals surface area contributed by atoms with E-state index in [2.05, 4.69) is 86.2 Å². The molecule has 2 saturated carbocycles. The molecular weight excluding hydrogens is 1150 g/mol. The smallest absolute Gasteiger partial charge is 0.289 e. The van der Waals surface area contributed by atoms with Gasteiger partial charge < -0.3 is 0 Å². The second kappa shape index (κ2) is 33.0. The second-order valence-electron chi connectivity index (χ2n) is 28.6. The first-order valence-corrected chi connectivity index (χ1v) is 34.0. The Morgan fingerprint density at radius 2 is 0.967 bits per heavy atom. The van der Waals surface area contributed by atoms with Crippen molar-refractivity contribution in [1.82, 2.24) is 0 Å². The minimum absolute atomic E-state index is 0.0286. The van der Waals surface area contributed by atoms with Crippen LogP contribution in [0.25, 0.3) is 0 Å². The number of allylic oxidation sites excluding steroid dienone is 1. The van der Waals surface area contributed by atoms with Crippen molar-refractivity contribution in [2.24, 2.45) is 35.5 Å². The fourth-order valence-electron chi connectivity index (χ4n) is 14.0. The van der Waals surface area contributed by atoms with Gasteiger partial charge in [0, 0.05) is 33.4 Å². The lowest BCUT2D eigenvalue weighted by Crippen LogP contribution is -2.23. The van der Waals surface area contributed by atoms with E-state index in [-0.39, 0.29) is 40.6 Å². The molecule has 91 heavy (non-hydrogen) atoms. The largest absolute Gasteiger partial charge is 0.417 e.